The molecule has 0 amide bonds. The van der Waals surface area contributed by atoms with E-state index in [9.17, 15) is 9.90 Å². The van der Waals surface area contributed by atoms with Crippen LogP contribution in [0.15, 0.2) is 54.7 Å². The van der Waals surface area contributed by atoms with Gasteiger partial charge in [0.1, 0.15) is 12.0 Å². The van der Waals surface area contributed by atoms with Crippen LogP contribution in [0.1, 0.15) is 22.8 Å². The molecule has 0 saturated carbocycles. The molecule has 3 aromatic rings. The van der Waals surface area contributed by atoms with Crippen molar-refractivity contribution in [2.45, 2.75) is 19.7 Å². The third-order valence-electron chi connectivity index (χ3n) is 5.11. The summed E-state index contributed by atoms with van der Waals surface area (Å²) in [4.78, 5) is 18.2. The molecule has 4 rings (SSSR count). The number of hydrogen-bond donors (Lipinski definition) is 2. The second-order valence-electron chi connectivity index (χ2n) is 7.08. The van der Waals surface area contributed by atoms with Crippen LogP contribution in [-0.4, -0.2) is 35.4 Å². The zero-order valence-corrected chi connectivity index (χ0v) is 18.3. The highest BCUT2D eigenvalue weighted by atomic mass is 35.5. The summed E-state index contributed by atoms with van der Waals surface area (Å²) in [5, 5.41) is 14.9. The maximum atomic E-state index is 11.9. The highest BCUT2D eigenvalue weighted by molar-refractivity contribution is 6.36. The Labute approximate surface area is 190 Å². The molecule has 6 nitrogen and oxygen atoms in total. The van der Waals surface area contributed by atoms with Crippen LogP contribution in [-0.2, 0) is 11.3 Å². The van der Waals surface area contributed by atoms with Gasteiger partial charge in [-0.1, -0.05) is 41.4 Å². The zero-order chi connectivity index (χ0) is 22.0. The minimum atomic E-state index is -0.775. The molecule has 1 aliphatic heterocycles. The van der Waals surface area contributed by atoms with Crippen molar-refractivity contribution in [1.82, 2.24) is 4.98 Å². The number of aliphatic hydroxyl groups is 1. The molecule has 1 aromatic heterocycles. The van der Waals surface area contributed by atoms with Crippen LogP contribution >= 0.6 is 23.2 Å². The average Bonchev–Trinajstić information content (AvgIpc) is 2.77. The molecule has 8 heteroatoms. The number of nitrogens with one attached hydrogen (secondary N) is 1. The molecular formula is C23H21Cl2N3O3. The normalized spacial score (nSPS) is 15.2. The number of β-amino-alcohol motifs (C(OH)–C–C–N with tert-alkyl or cyclic N) is 1. The highest BCUT2D eigenvalue weighted by Gasteiger charge is 2.27. The Morgan fingerprint density at radius 3 is 2.58 bits per heavy atom. The number of aromatic nitrogens is 1. The number of ether oxygens (including phenoxy) is 1. The Balaban J connectivity index is 1.67. The maximum Gasteiger partial charge on any atom is 0.338 e. The third kappa shape index (κ3) is 4.46. The van der Waals surface area contributed by atoms with Crippen LogP contribution in [0.4, 0.5) is 11.5 Å². The summed E-state index contributed by atoms with van der Waals surface area (Å²) in [6.45, 7) is 2.77. The Morgan fingerprint density at radius 2 is 1.90 bits per heavy atom. The fourth-order valence-electron chi connectivity index (χ4n) is 3.48. The van der Waals surface area contributed by atoms with E-state index in [0.717, 1.165) is 22.4 Å². The second-order valence-corrected chi connectivity index (χ2v) is 7.89. The lowest BCUT2D eigenvalue weighted by molar-refractivity contribution is 0.0526. The Hall–Kier alpha value is -2.80. The molecule has 2 heterocycles. The molecule has 0 saturated heterocycles. The van der Waals surface area contributed by atoms with Crippen molar-refractivity contribution in [1.29, 1.82) is 0 Å². The summed E-state index contributed by atoms with van der Waals surface area (Å²) in [5.41, 5.74) is 3.70. The van der Waals surface area contributed by atoms with Crippen molar-refractivity contribution >= 4 is 40.7 Å². The van der Waals surface area contributed by atoms with Gasteiger partial charge in [0, 0.05) is 33.9 Å². The van der Waals surface area contributed by atoms with E-state index in [1.54, 1.807) is 43.5 Å². The van der Waals surface area contributed by atoms with Gasteiger partial charge in [-0.2, -0.15) is 0 Å². The summed E-state index contributed by atoms with van der Waals surface area (Å²) in [6.07, 6.45) is 0.979. The molecule has 1 unspecified atom stereocenters. The van der Waals surface area contributed by atoms with E-state index in [0.29, 0.717) is 41.1 Å². The van der Waals surface area contributed by atoms with Gasteiger partial charge >= 0.3 is 5.97 Å². The first-order valence-electron chi connectivity index (χ1n) is 9.87. The maximum absolute atomic E-state index is 11.9. The Bertz CT molecular complexity index is 1090. The number of nitrogens with zero attached hydrogens (tertiary/aromatic N) is 2. The van der Waals surface area contributed by atoms with Crippen molar-refractivity contribution in [2.75, 3.05) is 23.4 Å². The van der Waals surface area contributed by atoms with E-state index in [1.165, 1.54) is 0 Å². The van der Waals surface area contributed by atoms with Crippen molar-refractivity contribution in [3.8, 4) is 11.1 Å². The average molecular weight is 458 g/mol. The van der Waals surface area contributed by atoms with Crippen LogP contribution in [0.25, 0.3) is 11.1 Å². The molecule has 2 aromatic carbocycles. The number of esters is 1. The van der Waals surface area contributed by atoms with Gasteiger partial charge in [0.25, 0.3) is 0 Å². The van der Waals surface area contributed by atoms with E-state index in [1.807, 2.05) is 23.1 Å². The smallest absolute Gasteiger partial charge is 0.338 e. The van der Waals surface area contributed by atoms with Gasteiger partial charge in [-0.15, -0.1) is 0 Å². The second kappa shape index (κ2) is 9.14. The largest absolute Gasteiger partial charge is 0.462 e. The lowest BCUT2D eigenvalue weighted by Gasteiger charge is -2.36. The fraction of sp³-hybridized carbons (Fsp3) is 0.217. The molecule has 0 bridgehead atoms. The predicted molar refractivity (Wildman–Crippen MR) is 123 cm³/mol. The predicted octanol–water partition coefficient (Wildman–Crippen LogP) is 4.98. The van der Waals surface area contributed by atoms with Crippen molar-refractivity contribution < 1.29 is 14.6 Å². The van der Waals surface area contributed by atoms with E-state index in [2.05, 4.69) is 10.3 Å². The summed E-state index contributed by atoms with van der Waals surface area (Å²) >= 11 is 12.7. The minimum absolute atomic E-state index is 0.329. The molecule has 0 radical (unpaired) electrons. The van der Waals surface area contributed by atoms with Crippen LogP contribution in [0.3, 0.4) is 0 Å². The number of rotatable bonds is 5. The molecule has 1 atom stereocenters. The van der Waals surface area contributed by atoms with E-state index < -0.39 is 6.23 Å². The van der Waals surface area contributed by atoms with Gasteiger partial charge in [-0.05, 0) is 42.8 Å². The first-order valence-corrected chi connectivity index (χ1v) is 10.6. The number of hydrogen-bond acceptors (Lipinski definition) is 6. The Morgan fingerprint density at radius 1 is 1.19 bits per heavy atom. The number of pyridine rings is 1. The van der Waals surface area contributed by atoms with Crippen molar-refractivity contribution in [3.05, 3.63) is 75.9 Å². The lowest BCUT2D eigenvalue weighted by Crippen LogP contribution is -2.43. The Kier molecular flexibility index (Phi) is 6.32. The SMILES string of the molecule is CCOC(=O)c1ccc(-c2cnc3c(c2)N(Cc2c(Cl)cccc2Cl)C(O)CN3)cc1. The lowest BCUT2D eigenvalue weighted by atomic mass is 10.0. The molecule has 0 spiro atoms. The molecule has 0 fully saturated rings. The summed E-state index contributed by atoms with van der Waals surface area (Å²) in [7, 11) is 0. The summed E-state index contributed by atoms with van der Waals surface area (Å²) in [5.74, 6) is 0.313. The van der Waals surface area contributed by atoms with Gasteiger partial charge in [-0.3, -0.25) is 0 Å². The summed E-state index contributed by atoms with van der Waals surface area (Å²) in [6, 6.07) is 14.4. The zero-order valence-electron chi connectivity index (χ0n) is 16.8. The monoisotopic (exact) mass is 457 g/mol. The van der Waals surface area contributed by atoms with Gasteiger partial charge < -0.3 is 20.1 Å². The molecule has 0 aliphatic carbocycles. The highest BCUT2D eigenvalue weighted by Crippen LogP contribution is 2.36. The van der Waals surface area contributed by atoms with Crippen LogP contribution in [0.5, 0.6) is 0 Å². The molecule has 2 N–H and O–H groups in total. The first kappa shape index (κ1) is 21.4. The number of aliphatic hydroxyl groups excluding tert-OH is 1. The molecule has 160 valence electrons. The third-order valence-corrected chi connectivity index (χ3v) is 5.82. The fourth-order valence-corrected chi connectivity index (χ4v) is 4.00. The minimum Gasteiger partial charge on any atom is -0.462 e. The van der Waals surface area contributed by atoms with Crippen LogP contribution in [0, 0.1) is 0 Å². The standard InChI is InChI=1S/C23H21Cl2N3O3/c1-2-31-23(30)15-8-6-14(7-9-15)16-10-20-22(26-11-16)27-12-21(29)28(20)13-17-18(24)4-3-5-19(17)25/h3-11,21,29H,2,12-13H2,1H3,(H,26,27). The first-order chi connectivity index (χ1) is 15.0. The van der Waals surface area contributed by atoms with E-state index >= 15 is 0 Å². The van der Waals surface area contributed by atoms with E-state index in [-0.39, 0.29) is 5.97 Å². The number of carbonyl (C=O) groups is 1. The van der Waals surface area contributed by atoms with Gasteiger partial charge in [0.2, 0.25) is 0 Å². The topological polar surface area (TPSA) is 74.7 Å². The van der Waals surface area contributed by atoms with Crippen molar-refractivity contribution in [3.63, 3.8) is 0 Å². The quantitative estimate of drug-likeness (QED) is 0.526. The van der Waals surface area contributed by atoms with Crippen LogP contribution in [0.2, 0.25) is 10.0 Å². The number of anilines is 2. The molecule has 1 aliphatic rings. The molecular weight excluding hydrogens is 437 g/mol. The van der Waals surface area contributed by atoms with E-state index in [4.69, 9.17) is 27.9 Å². The summed E-state index contributed by atoms with van der Waals surface area (Å²) < 4.78 is 5.03. The number of halogens is 2. The number of fused-ring (bicyclic) bond motifs is 1. The molecule has 31 heavy (non-hydrogen) atoms. The number of benzene rings is 2. The number of carbonyl (C=O) groups excluding carboxylic acids is 1. The van der Waals surface area contributed by atoms with Gasteiger partial charge in [0.15, 0.2) is 0 Å². The van der Waals surface area contributed by atoms with Crippen LogP contribution < -0.4 is 10.2 Å². The van der Waals surface area contributed by atoms with Gasteiger partial charge in [0.05, 0.1) is 24.4 Å². The van der Waals surface area contributed by atoms with Crippen molar-refractivity contribution in [2.24, 2.45) is 0 Å². The van der Waals surface area contributed by atoms with Gasteiger partial charge in [-0.25, -0.2) is 9.78 Å².